The number of likely N-dealkylation sites (tertiary alicyclic amines) is 1. The van der Waals surface area contributed by atoms with Gasteiger partial charge in [-0.3, -0.25) is 0 Å². The standard InChI is InChI=1S/C18H25N3O/c22-18(16-6-2-1-3-7-16)14-17-8-4-11-21(17)12-5-10-20-13-9-19-15-20/h1-3,6-7,9,13,15,17-18,22H,4-5,8,10-12,14H2. The number of aryl methyl sites for hydroxylation is 1. The third kappa shape index (κ3) is 3.96. The minimum atomic E-state index is -0.347. The molecule has 1 aliphatic rings. The molecule has 2 atom stereocenters. The van der Waals surface area contributed by atoms with Crippen LogP contribution in [0.4, 0.5) is 0 Å². The molecule has 4 nitrogen and oxygen atoms in total. The Morgan fingerprint density at radius 2 is 2.09 bits per heavy atom. The van der Waals surface area contributed by atoms with E-state index in [1.165, 1.54) is 12.8 Å². The largest absolute Gasteiger partial charge is 0.388 e. The highest BCUT2D eigenvalue weighted by Gasteiger charge is 2.26. The number of aliphatic hydroxyl groups excluding tert-OH is 1. The molecule has 1 N–H and O–H groups in total. The van der Waals surface area contributed by atoms with E-state index in [1.807, 2.05) is 49.1 Å². The molecule has 1 aromatic carbocycles. The van der Waals surface area contributed by atoms with Crippen LogP contribution in [0.1, 0.15) is 37.4 Å². The lowest BCUT2D eigenvalue weighted by molar-refractivity contribution is 0.119. The molecular formula is C18H25N3O. The molecule has 0 spiro atoms. The van der Waals surface area contributed by atoms with Crippen molar-refractivity contribution >= 4 is 0 Å². The number of rotatable bonds is 7. The van der Waals surface area contributed by atoms with Gasteiger partial charge < -0.3 is 14.6 Å². The molecule has 3 rings (SSSR count). The van der Waals surface area contributed by atoms with E-state index >= 15 is 0 Å². The van der Waals surface area contributed by atoms with Crippen molar-refractivity contribution in [2.45, 2.75) is 44.4 Å². The minimum absolute atomic E-state index is 0.347. The van der Waals surface area contributed by atoms with Gasteiger partial charge in [0.2, 0.25) is 0 Å². The Morgan fingerprint density at radius 3 is 2.86 bits per heavy atom. The number of nitrogens with zero attached hydrogens (tertiary/aromatic N) is 3. The lowest BCUT2D eigenvalue weighted by Gasteiger charge is -2.26. The van der Waals surface area contributed by atoms with Gasteiger partial charge in [0.1, 0.15) is 0 Å². The molecule has 1 aliphatic heterocycles. The smallest absolute Gasteiger partial charge is 0.0945 e. The average molecular weight is 299 g/mol. The lowest BCUT2D eigenvalue weighted by Crippen LogP contribution is -2.32. The van der Waals surface area contributed by atoms with Crippen LogP contribution in [0.25, 0.3) is 0 Å². The molecule has 0 aliphatic carbocycles. The van der Waals surface area contributed by atoms with E-state index in [2.05, 4.69) is 14.5 Å². The van der Waals surface area contributed by atoms with E-state index in [4.69, 9.17) is 0 Å². The predicted molar refractivity (Wildman–Crippen MR) is 87.5 cm³/mol. The van der Waals surface area contributed by atoms with Crippen molar-refractivity contribution in [1.29, 1.82) is 0 Å². The fraction of sp³-hybridized carbons (Fsp3) is 0.500. The number of aliphatic hydroxyl groups is 1. The van der Waals surface area contributed by atoms with Crippen LogP contribution in [0.15, 0.2) is 49.1 Å². The van der Waals surface area contributed by atoms with Crippen LogP contribution in [0.2, 0.25) is 0 Å². The molecule has 0 saturated carbocycles. The lowest BCUT2D eigenvalue weighted by atomic mass is 10.0. The molecule has 1 saturated heterocycles. The van der Waals surface area contributed by atoms with Gasteiger partial charge in [-0.05, 0) is 37.8 Å². The summed E-state index contributed by atoms with van der Waals surface area (Å²) in [6, 6.07) is 10.5. The topological polar surface area (TPSA) is 41.3 Å². The highest BCUT2D eigenvalue weighted by atomic mass is 16.3. The first-order valence-corrected chi connectivity index (χ1v) is 8.26. The summed E-state index contributed by atoms with van der Waals surface area (Å²) in [5, 5.41) is 10.4. The van der Waals surface area contributed by atoms with Crippen LogP contribution < -0.4 is 0 Å². The highest BCUT2D eigenvalue weighted by molar-refractivity contribution is 5.17. The van der Waals surface area contributed by atoms with E-state index < -0.39 is 0 Å². The van der Waals surface area contributed by atoms with Crippen molar-refractivity contribution in [3.63, 3.8) is 0 Å². The summed E-state index contributed by atoms with van der Waals surface area (Å²) in [7, 11) is 0. The Morgan fingerprint density at radius 1 is 1.23 bits per heavy atom. The fourth-order valence-electron chi connectivity index (χ4n) is 3.40. The van der Waals surface area contributed by atoms with Gasteiger partial charge in [-0.15, -0.1) is 0 Å². The average Bonchev–Trinajstić information content (AvgIpc) is 3.21. The van der Waals surface area contributed by atoms with Gasteiger partial charge >= 0.3 is 0 Å². The van der Waals surface area contributed by atoms with Crippen molar-refractivity contribution in [1.82, 2.24) is 14.5 Å². The molecule has 1 aromatic heterocycles. The molecule has 118 valence electrons. The third-order valence-electron chi connectivity index (χ3n) is 4.60. The summed E-state index contributed by atoms with van der Waals surface area (Å²) in [5.74, 6) is 0. The van der Waals surface area contributed by atoms with Crippen molar-refractivity contribution in [2.24, 2.45) is 0 Å². The maximum absolute atomic E-state index is 10.4. The quantitative estimate of drug-likeness (QED) is 0.855. The predicted octanol–water partition coefficient (Wildman–Crippen LogP) is 2.86. The van der Waals surface area contributed by atoms with Gasteiger partial charge in [0.15, 0.2) is 0 Å². The van der Waals surface area contributed by atoms with Gasteiger partial charge in [-0.1, -0.05) is 30.3 Å². The van der Waals surface area contributed by atoms with Crippen LogP contribution in [0, 0.1) is 0 Å². The molecule has 2 aromatic rings. The summed E-state index contributed by atoms with van der Waals surface area (Å²) in [6.07, 6.45) is 9.80. The second kappa shape index (κ2) is 7.56. The van der Waals surface area contributed by atoms with Crippen LogP contribution in [-0.4, -0.2) is 38.7 Å². The summed E-state index contributed by atoms with van der Waals surface area (Å²) in [5.41, 5.74) is 1.03. The first-order chi connectivity index (χ1) is 10.8. The number of aromatic nitrogens is 2. The van der Waals surface area contributed by atoms with E-state index in [1.54, 1.807) is 0 Å². The van der Waals surface area contributed by atoms with Crippen molar-refractivity contribution in [3.8, 4) is 0 Å². The molecule has 1 fully saturated rings. The van der Waals surface area contributed by atoms with Gasteiger partial charge in [-0.2, -0.15) is 0 Å². The van der Waals surface area contributed by atoms with Crippen LogP contribution in [-0.2, 0) is 6.54 Å². The van der Waals surface area contributed by atoms with Gasteiger partial charge in [0, 0.05) is 31.5 Å². The van der Waals surface area contributed by atoms with Gasteiger partial charge in [0.25, 0.3) is 0 Å². The Hall–Kier alpha value is -1.65. The summed E-state index contributed by atoms with van der Waals surface area (Å²) >= 11 is 0. The SMILES string of the molecule is OC(CC1CCCN1CCCn1ccnc1)c1ccccc1. The van der Waals surface area contributed by atoms with Crippen molar-refractivity contribution < 1.29 is 5.11 Å². The maximum atomic E-state index is 10.4. The Labute approximate surface area is 132 Å². The van der Waals surface area contributed by atoms with Crippen LogP contribution in [0.5, 0.6) is 0 Å². The van der Waals surface area contributed by atoms with Crippen LogP contribution in [0.3, 0.4) is 0 Å². The normalized spacial score (nSPS) is 20.3. The number of benzene rings is 1. The molecule has 0 radical (unpaired) electrons. The summed E-state index contributed by atoms with van der Waals surface area (Å²) < 4.78 is 2.13. The summed E-state index contributed by atoms with van der Waals surface area (Å²) in [6.45, 7) is 3.28. The molecule has 0 bridgehead atoms. The van der Waals surface area contributed by atoms with E-state index in [-0.39, 0.29) is 6.10 Å². The Bertz CT molecular complexity index is 541. The first kappa shape index (κ1) is 15.3. The van der Waals surface area contributed by atoms with E-state index in [9.17, 15) is 5.11 Å². The van der Waals surface area contributed by atoms with Gasteiger partial charge in [-0.25, -0.2) is 4.98 Å². The highest BCUT2D eigenvalue weighted by Crippen LogP contribution is 2.27. The molecule has 22 heavy (non-hydrogen) atoms. The van der Waals surface area contributed by atoms with Crippen molar-refractivity contribution in [3.05, 3.63) is 54.6 Å². The molecular weight excluding hydrogens is 274 g/mol. The summed E-state index contributed by atoms with van der Waals surface area (Å²) in [4.78, 5) is 6.62. The maximum Gasteiger partial charge on any atom is 0.0945 e. The third-order valence-corrected chi connectivity index (χ3v) is 4.60. The molecule has 2 unspecified atom stereocenters. The monoisotopic (exact) mass is 299 g/mol. The van der Waals surface area contributed by atoms with Crippen LogP contribution >= 0.6 is 0 Å². The number of imidazole rings is 1. The first-order valence-electron chi connectivity index (χ1n) is 8.26. The Kier molecular flexibility index (Phi) is 5.24. The second-order valence-electron chi connectivity index (χ2n) is 6.15. The van der Waals surface area contributed by atoms with Crippen molar-refractivity contribution in [2.75, 3.05) is 13.1 Å². The zero-order chi connectivity index (χ0) is 15.2. The second-order valence-corrected chi connectivity index (χ2v) is 6.15. The number of hydrogen-bond donors (Lipinski definition) is 1. The zero-order valence-electron chi connectivity index (χ0n) is 13.0. The molecule has 2 heterocycles. The zero-order valence-corrected chi connectivity index (χ0v) is 13.0. The fourth-order valence-corrected chi connectivity index (χ4v) is 3.40. The van der Waals surface area contributed by atoms with Gasteiger partial charge in [0.05, 0.1) is 12.4 Å². The molecule has 4 heteroatoms. The number of hydrogen-bond acceptors (Lipinski definition) is 3. The minimum Gasteiger partial charge on any atom is -0.388 e. The Balaban J connectivity index is 1.48. The van der Waals surface area contributed by atoms with E-state index in [0.717, 1.165) is 38.0 Å². The molecule has 0 amide bonds. The van der Waals surface area contributed by atoms with E-state index in [0.29, 0.717) is 6.04 Å².